The summed E-state index contributed by atoms with van der Waals surface area (Å²) in [6.45, 7) is 2.59. The Bertz CT molecular complexity index is 842. The van der Waals surface area contributed by atoms with Gasteiger partial charge in [-0.25, -0.2) is 4.98 Å². The second-order valence-corrected chi connectivity index (χ2v) is 7.24. The third-order valence-corrected chi connectivity index (χ3v) is 5.29. The summed E-state index contributed by atoms with van der Waals surface area (Å²) < 4.78 is 38.5. The van der Waals surface area contributed by atoms with Crippen molar-refractivity contribution in [3.8, 4) is 11.3 Å². The minimum absolute atomic E-state index is 0.000453. The number of nitrogens with zero attached hydrogens (tertiary/aromatic N) is 2. The summed E-state index contributed by atoms with van der Waals surface area (Å²) in [5.41, 5.74) is -0.0139. The van der Waals surface area contributed by atoms with Gasteiger partial charge in [0.25, 0.3) is 0 Å². The Morgan fingerprint density at radius 2 is 1.96 bits per heavy atom. The van der Waals surface area contributed by atoms with E-state index in [0.717, 1.165) is 12.1 Å². The number of aromatic nitrogens is 1. The predicted molar refractivity (Wildman–Crippen MR) is 96.2 cm³/mol. The van der Waals surface area contributed by atoms with Crippen LogP contribution in [-0.2, 0) is 15.8 Å². The number of piperidine rings is 1. The number of anilines is 1. The number of likely N-dealkylation sites (tertiary alicyclic amines) is 1. The highest BCUT2D eigenvalue weighted by molar-refractivity contribution is 7.14. The Morgan fingerprint density at radius 3 is 2.59 bits per heavy atom. The molecule has 1 N–H and O–H groups in total. The second-order valence-electron chi connectivity index (χ2n) is 6.39. The first-order valence-electron chi connectivity index (χ1n) is 8.43. The van der Waals surface area contributed by atoms with E-state index < -0.39 is 11.7 Å². The fourth-order valence-electron chi connectivity index (χ4n) is 2.98. The first-order valence-corrected chi connectivity index (χ1v) is 9.31. The maximum absolute atomic E-state index is 12.8. The van der Waals surface area contributed by atoms with Gasteiger partial charge in [-0.2, -0.15) is 13.2 Å². The van der Waals surface area contributed by atoms with E-state index in [2.05, 4.69) is 10.3 Å². The fraction of sp³-hybridized carbons (Fsp3) is 0.389. The number of halogens is 3. The fourth-order valence-corrected chi connectivity index (χ4v) is 3.71. The third-order valence-electron chi connectivity index (χ3n) is 4.53. The largest absolute Gasteiger partial charge is 0.416 e. The van der Waals surface area contributed by atoms with Crippen molar-refractivity contribution in [1.82, 2.24) is 9.88 Å². The maximum atomic E-state index is 12.8. The number of nitrogens with one attached hydrogen (secondary N) is 1. The minimum atomic E-state index is -4.42. The van der Waals surface area contributed by atoms with Crippen molar-refractivity contribution in [3.63, 3.8) is 0 Å². The van der Waals surface area contributed by atoms with Gasteiger partial charge in [-0.05, 0) is 25.0 Å². The lowest BCUT2D eigenvalue weighted by atomic mass is 9.96. The van der Waals surface area contributed by atoms with E-state index in [0.29, 0.717) is 42.3 Å². The normalized spacial score (nSPS) is 15.6. The zero-order chi connectivity index (χ0) is 19.6. The van der Waals surface area contributed by atoms with Gasteiger partial charge in [0.1, 0.15) is 0 Å². The van der Waals surface area contributed by atoms with Crippen molar-refractivity contribution in [3.05, 3.63) is 35.2 Å². The molecule has 2 aromatic rings. The summed E-state index contributed by atoms with van der Waals surface area (Å²) in [5.74, 6) is -0.385. The van der Waals surface area contributed by atoms with E-state index in [1.165, 1.54) is 24.3 Å². The molecule has 5 nitrogen and oxygen atoms in total. The highest BCUT2D eigenvalue weighted by atomic mass is 32.1. The van der Waals surface area contributed by atoms with Gasteiger partial charge in [0.2, 0.25) is 11.8 Å². The smallest absolute Gasteiger partial charge is 0.343 e. The van der Waals surface area contributed by atoms with Gasteiger partial charge in [0, 0.05) is 36.9 Å². The minimum Gasteiger partial charge on any atom is -0.343 e. The van der Waals surface area contributed by atoms with Crippen molar-refractivity contribution in [1.29, 1.82) is 0 Å². The molecule has 3 rings (SSSR count). The van der Waals surface area contributed by atoms with Gasteiger partial charge in [-0.1, -0.05) is 12.1 Å². The monoisotopic (exact) mass is 397 g/mol. The molecule has 0 saturated carbocycles. The van der Waals surface area contributed by atoms with Gasteiger partial charge in [-0.3, -0.25) is 9.59 Å². The highest BCUT2D eigenvalue weighted by Crippen LogP contribution is 2.33. The quantitative estimate of drug-likeness (QED) is 0.851. The molecule has 0 atom stereocenters. The van der Waals surface area contributed by atoms with Crippen LogP contribution in [0.15, 0.2) is 29.6 Å². The molecule has 0 bridgehead atoms. The van der Waals surface area contributed by atoms with Gasteiger partial charge in [0.15, 0.2) is 5.13 Å². The summed E-state index contributed by atoms with van der Waals surface area (Å²) in [5, 5.41) is 4.70. The Hall–Kier alpha value is -2.42. The third kappa shape index (κ3) is 4.65. The van der Waals surface area contributed by atoms with Crippen LogP contribution in [0, 0.1) is 5.92 Å². The molecular weight excluding hydrogens is 379 g/mol. The maximum Gasteiger partial charge on any atom is 0.416 e. The standard InChI is InChI=1S/C18H18F3N3O2S/c1-11(25)24-7-5-12(6-8-24)16(26)23-17-22-15(10-27-17)13-3-2-4-14(9-13)18(19,20)21/h2-4,9-10,12H,5-8H2,1H3,(H,22,23,26). The molecule has 1 aliphatic rings. The highest BCUT2D eigenvalue weighted by Gasteiger charge is 2.31. The molecule has 2 amide bonds. The Balaban J connectivity index is 1.65. The van der Waals surface area contributed by atoms with Crippen LogP contribution in [0.4, 0.5) is 18.3 Å². The molecule has 1 fully saturated rings. The van der Waals surface area contributed by atoms with E-state index in [1.54, 1.807) is 16.3 Å². The summed E-state index contributed by atoms with van der Waals surface area (Å²) in [7, 11) is 0. The number of alkyl halides is 3. The topological polar surface area (TPSA) is 62.3 Å². The molecular formula is C18H18F3N3O2S. The van der Waals surface area contributed by atoms with Crippen molar-refractivity contribution >= 4 is 28.3 Å². The molecule has 1 saturated heterocycles. The Labute approximate surface area is 158 Å². The molecule has 0 radical (unpaired) electrons. The van der Waals surface area contributed by atoms with E-state index in [9.17, 15) is 22.8 Å². The lowest BCUT2D eigenvalue weighted by Crippen LogP contribution is -2.40. The van der Waals surface area contributed by atoms with Gasteiger partial charge in [0.05, 0.1) is 11.3 Å². The predicted octanol–water partition coefficient (Wildman–Crippen LogP) is 4.03. The molecule has 2 heterocycles. The molecule has 0 spiro atoms. The van der Waals surface area contributed by atoms with Gasteiger partial charge in [-0.15, -0.1) is 11.3 Å². The number of carbonyl (C=O) groups is 2. The Kier molecular flexibility index (Phi) is 5.50. The number of amides is 2. The number of thiazole rings is 1. The zero-order valence-electron chi connectivity index (χ0n) is 14.5. The van der Waals surface area contributed by atoms with Crippen LogP contribution in [-0.4, -0.2) is 34.8 Å². The van der Waals surface area contributed by atoms with E-state index in [1.807, 2.05) is 0 Å². The van der Waals surface area contributed by atoms with Crippen LogP contribution >= 0.6 is 11.3 Å². The molecule has 9 heteroatoms. The number of hydrogen-bond donors (Lipinski definition) is 1. The summed E-state index contributed by atoms with van der Waals surface area (Å²) in [4.78, 5) is 29.7. The summed E-state index contributed by atoms with van der Waals surface area (Å²) in [6, 6.07) is 4.93. The van der Waals surface area contributed by atoms with Crippen molar-refractivity contribution in [2.75, 3.05) is 18.4 Å². The van der Waals surface area contributed by atoms with Crippen molar-refractivity contribution < 1.29 is 22.8 Å². The van der Waals surface area contributed by atoms with E-state index in [-0.39, 0.29) is 17.7 Å². The van der Waals surface area contributed by atoms with Crippen molar-refractivity contribution in [2.45, 2.75) is 25.9 Å². The summed E-state index contributed by atoms with van der Waals surface area (Å²) in [6.07, 6.45) is -3.26. The van der Waals surface area contributed by atoms with Crippen LogP contribution in [0.3, 0.4) is 0 Å². The number of carbonyl (C=O) groups excluding carboxylic acids is 2. The lowest BCUT2D eigenvalue weighted by molar-refractivity contribution is -0.137. The number of benzene rings is 1. The molecule has 144 valence electrons. The van der Waals surface area contributed by atoms with E-state index >= 15 is 0 Å². The molecule has 1 aromatic carbocycles. The second kappa shape index (κ2) is 7.67. The average molecular weight is 397 g/mol. The molecule has 0 unspecified atom stereocenters. The van der Waals surface area contributed by atoms with Gasteiger partial charge < -0.3 is 10.2 Å². The van der Waals surface area contributed by atoms with Crippen LogP contribution in [0.2, 0.25) is 0 Å². The zero-order valence-corrected chi connectivity index (χ0v) is 15.4. The van der Waals surface area contributed by atoms with E-state index in [4.69, 9.17) is 0 Å². The van der Waals surface area contributed by atoms with Crippen LogP contribution < -0.4 is 5.32 Å². The Morgan fingerprint density at radius 1 is 1.26 bits per heavy atom. The first-order chi connectivity index (χ1) is 12.7. The van der Waals surface area contributed by atoms with Gasteiger partial charge >= 0.3 is 6.18 Å². The SMILES string of the molecule is CC(=O)N1CCC(C(=O)Nc2nc(-c3cccc(C(F)(F)F)c3)cs2)CC1. The molecule has 27 heavy (non-hydrogen) atoms. The summed E-state index contributed by atoms with van der Waals surface area (Å²) >= 11 is 1.17. The van der Waals surface area contributed by atoms with Crippen LogP contribution in [0.1, 0.15) is 25.3 Å². The lowest BCUT2D eigenvalue weighted by Gasteiger charge is -2.30. The van der Waals surface area contributed by atoms with Crippen LogP contribution in [0.25, 0.3) is 11.3 Å². The van der Waals surface area contributed by atoms with Crippen LogP contribution in [0.5, 0.6) is 0 Å². The molecule has 1 aromatic heterocycles. The average Bonchev–Trinajstić information content (AvgIpc) is 3.09. The molecule has 1 aliphatic heterocycles. The van der Waals surface area contributed by atoms with Crippen molar-refractivity contribution in [2.24, 2.45) is 5.92 Å². The molecule has 0 aliphatic carbocycles. The number of rotatable bonds is 3. The number of hydrogen-bond acceptors (Lipinski definition) is 4. The first kappa shape index (κ1) is 19.3.